The van der Waals surface area contributed by atoms with Crippen LogP contribution in [0.3, 0.4) is 0 Å². The van der Waals surface area contributed by atoms with Crippen LogP contribution in [0.5, 0.6) is 0 Å². The zero-order valence-corrected chi connectivity index (χ0v) is 16.0. The van der Waals surface area contributed by atoms with Crippen LogP contribution in [-0.2, 0) is 6.54 Å². The molecule has 0 saturated carbocycles. The fraction of sp³-hybridized carbons (Fsp3) is 0.353. The second-order valence-corrected chi connectivity index (χ2v) is 7.11. The summed E-state index contributed by atoms with van der Waals surface area (Å²) in [5, 5.41) is 20.1. The molecule has 0 aliphatic rings. The van der Waals surface area contributed by atoms with Gasteiger partial charge in [-0.25, -0.2) is 4.39 Å². The number of nitrogens with one attached hydrogen (secondary N) is 2. The first-order valence-corrected chi connectivity index (χ1v) is 9.04. The highest BCUT2D eigenvalue weighted by Crippen LogP contribution is 2.21. The summed E-state index contributed by atoms with van der Waals surface area (Å²) in [6.45, 7) is 4.36. The lowest BCUT2D eigenvalue weighted by atomic mass is 10.1. The van der Waals surface area contributed by atoms with Gasteiger partial charge in [0.2, 0.25) is 11.9 Å². The highest BCUT2D eigenvalue weighted by atomic mass is 79.9. The number of nitrogens with zero attached hydrogens (tertiary/aromatic N) is 4. The molecule has 1 unspecified atom stereocenters. The van der Waals surface area contributed by atoms with E-state index in [1.165, 1.54) is 12.1 Å². The molecule has 0 bridgehead atoms. The van der Waals surface area contributed by atoms with Crippen LogP contribution in [-0.4, -0.2) is 37.3 Å². The molecule has 1 atom stereocenters. The van der Waals surface area contributed by atoms with Crippen molar-refractivity contribution in [2.75, 3.05) is 17.2 Å². The van der Waals surface area contributed by atoms with E-state index in [2.05, 4.69) is 41.6 Å². The number of aromatic nitrogens is 4. The molecule has 3 aromatic rings. The molecule has 0 saturated heterocycles. The van der Waals surface area contributed by atoms with Gasteiger partial charge in [-0.2, -0.15) is 19.6 Å². The molecule has 138 valence electrons. The molecular formula is C17H20BrFN6O. The monoisotopic (exact) mass is 422 g/mol. The molecule has 0 aliphatic carbocycles. The largest absolute Gasteiger partial charge is 0.394 e. The fourth-order valence-corrected chi connectivity index (χ4v) is 2.79. The van der Waals surface area contributed by atoms with E-state index in [1.54, 1.807) is 16.8 Å². The number of hydrogen-bond donors (Lipinski definition) is 3. The molecule has 0 spiro atoms. The lowest BCUT2D eigenvalue weighted by Gasteiger charge is -2.20. The van der Waals surface area contributed by atoms with Crippen molar-refractivity contribution in [1.82, 2.24) is 19.6 Å². The zero-order chi connectivity index (χ0) is 18.7. The summed E-state index contributed by atoms with van der Waals surface area (Å²) in [4.78, 5) is 8.92. The fourth-order valence-electron chi connectivity index (χ4n) is 2.45. The topological polar surface area (TPSA) is 87.4 Å². The first-order chi connectivity index (χ1) is 12.5. The number of aliphatic hydroxyl groups excluding tert-OH is 1. The van der Waals surface area contributed by atoms with Crippen LogP contribution in [0.1, 0.15) is 19.4 Å². The van der Waals surface area contributed by atoms with Crippen LogP contribution in [0.4, 0.5) is 16.3 Å². The number of hydrogen-bond acceptors (Lipinski definition) is 6. The molecule has 1 aromatic carbocycles. The van der Waals surface area contributed by atoms with Gasteiger partial charge in [0.25, 0.3) is 0 Å². The number of benzene rings is 1. The molecule has 0 aliphatic heterocycles. The number of halogens is 2. The van der Waals surface area contributed by atoms with Crippen molar-refractivity contribution in [2.45, 2.75) is 26.4 Å². The van der Waals surface area contributed by atoms with Crippen molar-refractivity contribution in [3.63, 3.8) is 0 Å². The molecule has 3 rings (SSSR count). The van der Waals surface area contributed by atoms with Crippen molar-refractivity contribution in [3.05, 3.63) is 46.3 Å². The predicted molar refractivity (Wildman–Crippen MR) is 102 cm³/mol. The summed E-state index contributed by atoms with van der Waals surface area (Å²) in [7, 11) is 0. The van der Waals surface area contributed by atoms with Crippen LogP contribution < -0.4 is 10.6 Å². The van der Waals surface area contributed by atoms with Gasteiger partial charge >= 0.3 is 0 Å². The van der Waals surface area contributed by atoms with Crippen LogP contribution in [0.15, 0.2) is 34.9 Å². The van der Waals surface area contributed by atoms with Crippen LogP contribution in [0, 0.1) is 11.7 Å². The number of rotatable bonds is 7. The Hall–Kier alpha value is -2.26. The molecule has 2 heterocycles. The minimum Gasteiger partial charge on any atom is -0.394 e. The highest BCUT2D eigenvalue weighted by Gasteiger charge is 2.16. The second kappa shape index (κ2) is 7.96. The molecule has 0 radical (unpaired) electrons. The SMILES string of the molecule is CC(C)C(CO)Nc1nc(NCc2cccc(F)c2)n2ncc(Br)c2n1. The Labute approximate surface area is 158 Å². The summed E-state index contributed by atoms with van der Waals surface area (Å²) >= 11 is 3.42. The average molecular weight is 423 g/mol. The quantitative estimate of drug-likeness (QED) is 0.542. The minimum atomic E-state index is -0.288. The third-order valence-corrected chi connectivity index (χ3v) is 4.54. The molecular weight excluding hydrogens is 403 g/mol. The van der Waals surface area contributed by atoms with Crippen LogP contribution in [0.25, 0.3) is 5.65 Å². The van der Waals surface area contributed by atoms with E-state index in [0.29, 0.717) is 24.1 Å². The summed E-state index contributed by atoms with van der Waals surface area (Å²) in [5.41, 5.74) is 1.37. The third kappa shape index (κ3) is 4.10. The lowest BCUT2D eigenvalue weighted by molar-refractivity contribution is 0.248. The van der Waals surface area contributed by atoms with Gasteiger partial charge in [-0.3, -0.25) is 0 Å². The molecule has 0 amide bonds. The first-order valence-electron chi connectivity index (χ1n) is 8.25. The molecule has 26 heavy (non-hydrogen) atoms. The van der Waals surface area contributed by atoms with E-state index < -0.39 is 0 Å². The van der Waals surface area contributed by atoms with E-state index in [1.807, 2.05) is 19.9 Å². The minimum absolute atomic E-state index is 0.0291. The summed E-state index contributed by atoms with van der Waals surface area (Å²) in [5.74, 6) is 0.766. The lowest BCUT2D eigenvalue weighted by Crippen LogP contribution is -2.30. The highest BCUT2D eigenvalue weighted by molar-refractivity contribution is 9.10. The van der Waals surface area contributed by atoms with E-state index in [0.717, 1.165) is 10.0 Å². The Morgan fingerprint density at radius 1 is 1.31 bits per heavy atom. The normalized spacial score (nSPS) is 12.5. The van der Waals surface area contributed by atoms with Gasteiger partial charge in [0.05, 0.1) is 23.3 Å². The standard InChI is InChI=1S/C17H20BrFN6O/c1-10(2)14(9-26)22-16-23-15-13(18)8-21-25(15)17(24-16)20-7-11-4-3-5-12(19)6-11/h3-6,8,10,14,26H,7,9H2,1-2H3,(H2,20,22,23,24). The molecule has 7 nitrogen and oxygen atoms in total. The van der Waals surface area contributed by atoms with Gasteiger partial charge in [0, 0.05) is 6.54 Å². The number of aliphatic hydroxyl groups is 1. The zero-order valence-electron chi connectivity index (χ0n) is 14.4. The van der Waals surface area contributed by atoms with E-state index in [-0.39, 0.29) is 24.4 Å². The second-order valence-electron chi connectivity index (χ2n) is 6.26. The van der Waals surface area contributed by atoms with E-state index in [4.69, 9.17) is 0 Å². The van der Waals surface area contributed by atoms with Crippen molar-refractivity contribution in [2.24, 2.45) is 5.92 Å². The maximum atomic E-state index is 13.4. The van der Waals surface area contributed by atoms with Crippen molar-refractivity contribution in [1.29, 1.82) is 0 Å². The van der Waals surface area contributed by atoms with Gasteiger partial charge in [0.1, 0.15) is 5.82 Å². The van der Waals surface area contributed by atoms with E-state index in [9.17, 15) is 9.50 Å². The average Bonchev–Trinajstić information content (AvgIpc) is 2.98. The third-order valence-electron chi connectivity index (χ3n) is 3.98. The maximum absolute atomic E-state index is 13.4. The van der Waals surface area contributed by atoms with Crippen molar-refractivity contribution < 1.29 is 9.50 Å². The van der Waals surface area contributed by atoms with Gasteiger partial charge in [-0.15, -0.1) is 0 Å². The Morgan fingerprint density at radius 2 is 2.12 bits per heavy atom. The first kappa shape index (κ1) is 18.5. The Kier molecular flexibility index (Phi) is 5.67. The van der Waals surface area contributed by atoms with Gasteiger partial charge in [-0.05, 0) is 39.5 Å². The Bertz CT molecular complexity index is 900. The summed E-state index contributed by atoms with van der Waals surface area (Å²) in [6, 6.07) is 6.18. The Balaban J connectivity index is 1.90. The maximum Gasteiger partial charge on any atom is 0.229 e. The van der Waals surface area contributed by atoms with E-state index >= 15 is 0 Å². The predicted octanol–water partition coefficient (Wildman–Crippen LogP) is 3.07. The number of anilines is 2. The van der Waals surface area contributed by atoms with Gasteiger partial charge in [0.15, 0.2) is 5.65 Å². The van der Waals surface area contributed by atoms with Crippen LogP contribution >= 0.6 is 15.9 Å². The molecule has 9 heteroatoms. The molecule has 0 fully saturated rings. The summed E-state index contributed by atoms with van der Waals surface area (Å²) in [6.07, 6.45) is 1.63. The Morgan fingerprint density at radius 3 is 2.81 bits per heavy atom. The molecule has 2 aromatic heterocycles. The van der Waals surface area contributed by atoms with Crippen molar-refractivity contribution in [3.8, 4) is 0 Å². The van der Waals surface area contributed by atoms with Gasteiger partial charge < -0.3 is 15.7 Å². The molecule has 3 N–H and O–H groups in total. The van der Waals surface area contributed by atoms with Gasteiger partial charge in [-0.1, -0.05) is 26.0 Å². The van der Waals surface area contributed by atoms with Crippen LogP contribution in [0.2, 0.25) is 0 Å². The van der Waals surface area contributed by atoms with Crippen molar-refractivity contribution >= 4 is 33.5 Å². The summed E-state index contributed by atoms with van der Waals surface area (Å²) < 4.78 is 15.7. The smallest absolute Gasteiger partial charge is 0.229 e. The number of fused-ring (bicyclic) bond motifs is 1.